The first-order valence-electron chi connectivity index (χ1n) is 9.11. The summed E-state index contributed by atoms with van der Waals surface area (Å²) in [6, 6.07) is 4.10. The quantitative estimate of drug-likeness (QED) is 0.690. The number of amides is 1. The van der Waals surface area contributed by atoms with Gasteiger partial charge in [-0.2, -0.15) is 0 Å². The molecular formula is C19H21N5OS2. The zero-order valence-electron chi connectivity index (χ0n) is 15.2. The number of rotatable bonds is 5. The fourth-order valence-electron chi connectivity index (χ4n) is 4.15. The molecule has 0 radical (unpaired) electrons. The van der Waals surface area contributed by atoms with Crippen LogP contribution in [-0.4, -0.2) is 33.4 Å². The van der Waals surface area contributed by atoms with Crippen molar-refractivity contribution in [3.8, 4) is 0 Å². The van der Waals surface area contributed by atoms with E-state index in [1.54, 1.807) is 23.1 Å². The minimum Gasteiger partial charge on any atom is -0.344 e. The predicted molar refractivity (Wildman–Crippen MR) is 106 cm³/mol. The number of piperidine rings is 1. The third-order valence-corrected chi connectivity index (χ3v) is 7.48. The number of nitrogens with zero attached hydrogens (tertiary/aromatic N) is 3. The Kier molecular flexibility index (Phi) is 4.03. The molecule has 140 valence electrons. The zero-order valence-corrected chi connectivity index (χ0v) is 16.8. The summed E-state index contributed by atoms with van der Waals surface area (Å²) in [4.78, 5) is 22.9. The van der Waals surface area contributed by atoms with Crippen molar-refractivity contribution >= 4 is 34.5 Å². The maximum Gasteiger partial charge on any atom is 0.224 e. The maximum atomic E-state index is 12.8. The molecule has 27 heavy (non-hydrogen) atoms. The Labute approximate surface area is 165 Å². The van der Waals surface area contributed by atoms with Crippen LogP contribution in [0.4, 0.5) is 0 Å². The monoisotopic (exact) mass is 399 g/mol. The van der Waals surface area contributed by atoms with Gasteiger partial charge < -0.3 is 15.0 Å². The Morgan fingerprint density at radius 3 is 2.93 bits per heavy atom. The number of carbonyl (C=O) groups is 1. The second-order valence-corrected chi connectivity index (χ2v) is 9.92. The molecule has 2 aliphatic rings. The number of hydrogen-bond donors (Lipinski definition) is 2. The number of imidazole rings is 1. The van der Waals surface area contributed by atoms with E-state index < -0.39 is 5.54 Å². The Morgan fingerprint density at radius 1 is 1.37 bits per heavy atom. The van der Waals surface area contributed by atoms with E-state index in [1.807, 2.05) is 43.9 Å². The average molecular weight is 400 g/mol. The van der Waals surface area contributed by atoms with Crippen molar-refractivity contribution in [1.29, 1.82) is 0 Å². The Balaban J connectivity index is 1.41. The molecule has 5 rings (SSSR count). The molecule has 3 aromatic rings. The normalized spacial score (nSPS) is 24.1. The van der Waals surface area contributed by atoms with Gasteiger partial charge in [-0.1, -0.05) is 11.8 Å². The number of pyridine rings is 1. The molecule has 8 heteroatoms. The number of carbonyl (C=O) groups excluding carboxylic acids is 1. The molecule has 0 bridgehead atoms. The van der Waals surface area contributed by atoms with Crippen LogP contribution in [0.3, 0.4) is 0 Å². The summed E-state index contributed by atoms with van der Waals surface area (Å²) in [7, 11) is 0. The molecule has 1 saturated heterocycles. The van der Waals surface area contributed by atoms with Crippen LogP contribution in [0.1, 0.15) is 19.7 Å². The number of hydrogen-bond acceptors (Lipinski definition) is 6. The fourth-order valence-corrected chi connectivity index (χ4v) is 5.85. The smallest absolute Gasteiger partial charge is 0.224 e. The van der Waals surface area contributed by atoms with Crippen molar-refractivity contribution < 1.29 is 4.79 Å². The molecule has 3 atom stereocenters. The maximum absolute atomic E-state index is 12.8. The Bertz CT molecular complexity index is 987. The summed E-state index contributed by atoms with van der Waals surface area (Å²) >= 11 is 3.27. The van der Waals surface area contributed by atoms with Gasteiger partial charge >= 0.3 is 0 Å². The highest BCUT2D eigenvalue weighted by molar-refractivity contribution is 8.01. The van der Waals surface area contributed by atoms with Crippen LogP contribution in [0.5, 0.6) is 0 Å². The van der Waals surface area contributed by atoms with Crippen molar-refractivity contribution in [2.45, 2.75) is 28.6 Å². The Hall–Kier alpha value is -1.90. The van der Waals surface area contributed by atoms with Gasteiger partial charge in [0.25, 0.3) is 0 Å². The largest absolute Gasteiger partial charge is 0.344 e. The van der Waals surface area contributed by atoms with Crippen molar-refractivity contribution in [1.82, 2.24) is 25.0 Å². The molecule has 2 N–H and O–H groups in total. The topological polar surface area (TPSA) is 71.3 Å². The van der Waals surface area contributed by atoms with Crippen LogP contribution in [0, 0.1) is 17.8 Å². The van der Waals surface area contributed by atoms with Crippen molar-refractivity contribution in [3.05, 3.63) is 41.9 Å². The highest BCUT2D eigenvalue weighted by Crippen LogP contribution is 2.49. The Morgan fingerprint density at radius 2 is 2.19 bits per heavy atom. The van der Waals surface area contributed by atoms with E-state index >= 15 is 0 Å². The molecule has 0 spiro atoms. The van der Waals surface area contributed by atoms with Gasteiger partial charge in [0, 0.05) is 28.6 Å². The molecule has 4 heterocycles. The van der Waals surface area contributed by atoms with E-state index in [1.165, 1.54) is 0 Å². The predicted octanol–water partition coefficient (Wildman–Crippen LogP) is 2.76. The molecule has 2 fully saturated rings. The number of fused-ring (bicyclic) bond motifs is 2. The van der Waals surface area contributed by atoms with E-state index in [4.69, 9.17) is 0 Å². The molecule has 0 aromatic carbocycles. The minimum atomic E-state index is -0.543. The van der Waals surface area contributed by atoms with Crippen LogP contribution in [-0.2, 0) is 10.3 Å². The highest BCUT2D eigenvalue weighted by atomic mass is 32.2. The van der Waals surface area contributed by atoms with Gasteiger partial charge in [-0.3, -0.25) is 4.79 Å². The number of aromatic nitrogens is 3. The van der Waals surface area contributed by atoms with Crippen molar-refractivity contribution in [2.24, 2.45) is 17.8 Å². The lowest BCUT2D eigenvalue weighted by Crippen LogP contribution is -2.44. The average Bonchev–Trinajstić information content (AvgIpc) is 3.12. The van der Waals surface area contributed by atoms with Crippen LogP contribution >= 0.6 is 23.1 Å². The third kappa shape index (κ3) is 2.96. The first kappa shape index (κ1) is 17.2. The fraction of sp³-hybridized carbons (Fsp3) is 0.421. The van der Waals surface area contributed by atoms with Crippen molar-refractivity contribution in [3.63, 3.8) is 0 Å². The van der Waals surface area contributed by atoms with E-state index in [0.29, 0.717) is 11.8 Å². The molecule has 1 amide bonds. The summed E-state index contributed by atoms with van der Waals surface area (Å²) in [5, 5.41) is 8.56. The summed E-state index contributed by atoms with van der Waals surface area (Å²) in [5.41, 5.74) is 0.487. The van der Waals surface area contributed by atoms with E-state index in [-0.39, 0.29) is 11.8 Å². The molecule has 3 aromatic heterocycles. The van der Waals surface area contributed by atoms with Crippen molar-refractivity contribution in [2.75, 3.05) is 13.1 Å². The van der Waals surface area contributed by atoms with Gasteiger partial charge in [-0.15, -0.1) is 11.3 Å². The van der Waals surface area contributed by atoms with E-state index in [2.05, 4.69) is 31.1 Å². The molecule has 6 nitrogen and oxygen atoms in total. The SMILES string of the molecule is CC(C)(NC(=O)C1[C@H]2CNC[C@@H]12)c1ncc2c(Sc3nccs3)cccn12. The first-order chi connectivity index (χ1) is 13.0. The molecule has 1 aliphatic heterocycles. The van der Waals surface area contributed by atoms with Crippen LogP contribution < -0.4 is 10.6 Å². The van der Waals surface area contributed by atoms with Gasteiger partial charge in [0.15, 0.2) is 4.34 Å². The van der Waals surface area contributed by atoms with Crippen LogP contribution in [0.2, 0.25) is 0 Å². The van der Waals surface area contributed by atoms with Crippen LogP contribution in [0.15, 0.2) is 45.3 Å². The summed E-state index contributed by atoms with van der Waals surface area (Å²) in [6.07, 6.45) is 5.71. The highest BCUT2D eigenvalue weighted by Gasteiger charge is 2.57. The van der Waals surface area contributed by atoms with E-state index in [0.717, 1.165) is 33.7 Å². The second kappa shape index (κ2) is 6.32. The van der Waals surface area contributed by atoms with E-state index in [9.17, 15) is 4.79 Å². The van der Waals surface area contributed by atoms with Crippen LogP contribution in [0.25, 0.3) is 5.52 Å². The standard InChI is InChI=1S/C19H21N5OS2/c1-19(2,23-16(25)15-11-8-20-9-12(11)15)17-22-10-13-14(4-3-6-24(13)17)27-18-21-5-7-26-18/h3-7,10-12,15,20H,8-9H2,1-2H3,(H,23,25)/t11-,12+,15?. The number of nitrogens with one attached hydrogen (secondary N) is 2. The summed E-state index contributed by atoms with van der Waals surface area (Å²) < 4.78 is 3.08. The number of thiazole rings is 1. The zero-order chi connectivity index (χ0) is 18.6. The van der Waals surface area contributed by atoms with Gasteiger partial charge in [0.1, 0.15) is 5.82 Å². The lowest BCUT2D eigenvalue weighted by molar-refractivity contribution is -0.124. The summed E-state index contributed by atoms with van der Waals surface area (Å²) in [6.45, 7) is 5.98. The molecule has 1 saturated carbocycles. The lowest BCUT2D eigenvalue weighted by Gasteiger charge is -2.26. The van der Waals surface area contributed by atoms with Gasteiger partial charge in [-0.25, -0.2) is 9.97 Å². The molecular weight excluding hydrogens is 378 g/mol. The first-order valence-corrected chi connectivity index (χ1v) is 10.8. The lowest BCUT2D eigenvalue weighted by atomic mass is 10.0. The van der Waals surface area contributed by atoms with Gasteiger partial charge in [-0.05, 0) is 50.9 Å². The molecule has 1 aliphatic carbocycles. The summed E-state index contributed by atoms with van der Waals surface area (Å²) in [5.74, 6) is 2.18. The second-order valence-electron chi connectivity index (χ2n) is 7.74. The van der Waals surface area contributed by atoms with Gasteiger partial charge in [0.05, 0.1) is 17.3 Å². The van der Waals surface area contributed by atoms with Gasteiger partial charge in [0.2, 0.25) is 5.91 Å². The minimum absolute atomic E-state index is 0.154. The third-order valence-electron chi connectivity index (χ3n) is 5.53. The molecule has 1 unspecified atom stereocenters.